The Kier molecular flexibility index (Phi) is 4.09. The van der Waals surface area contributed by atoms with Crippen molar-refractivity contribution in [2.75, 3.05) is 5.73 Å². The van der Waals surface area contributed by atoms with Crippen LogP contribution in [0, 0.1) is 16.7 Å². The Bertz CT molecular complexity index is 619. The molecule has 20 heavy (non-hydrogen) atoms. The molecule has 0 spiro atoms. The van der Waals surface area contributed by atoms with Crippen LogP contribution in [0.1, 0.15) is 26.7 Å². The average molecular weight is 268 g/mol. The second kappa shape index (κ2) is 5.79. The van der Waals surface area contributed by atoms with E-state index in [0.717, 1.165) is 36.5 Å². The number of nitrogens with zero attached hydrogens (tertiary/aromatic N) is 3. The lowest BCUT2D eigenvalue weighted by Gasteiger charge is -2.15. The lowest BCUT2D eigenvalue weighted by atomic mass is 9.90. The molecule has 1 aromatic carbocycles. The molecule has 1 aromatic heterocycles. The van der Waals surface area contributed by atoms with Crippen LogP contribution in [0.4, 0.5) is 5.69 Å². The van der Waals surface area contributed by atoms with Gasteiger partial charge in [-0.05, 0) is 38.8 Å². The van der Waals surface area contributed by atoms with E-state index in [1.807, 2.05) is 44.3 Å². The van der Waals surface area contributed by atoms with Gasteiger partial charge in [0.25, 0.3) is 0 Å². The molecule has 0 unspecified atom stereocenters. The van der Waals surface area contributed by atoms with Gasteiger partial charge in [0.15, 0.2) is 0 Å². The Morgan fingerprint density at radius 3 is 2.90 bits per heavy atom. The van der Waals surface area contributed by atoms with Crippen molar-refractivity contribution in [1.82, 2.24) is 9.55 Å². The fourth-order valence-corrected chi connectivity index (χ4v) is 2.17. The fraction of sp³-hybridized carbons (Fsp3) is 0.375. The fourth-order valence-electron chi connectivity index (χ4n) is 2.17. The van der Waals surface area contributed by atoms with Crippen molar-refractivity contribution >= 4 is 5.69 Å². The first-order valence-corrected chi connectivity index (χ1v) is 6.80. The summed E-state index contributed by atoms with van der Waals surface area (Å²) in [4.78, 5) is 4.41. The topological polar surface area (TPSA) is 67.6 Å². The maximum absolute atomic E-state index is 9.03. The number of nitrogen functional groups attached to an aromatic ring is 1. The molecule has 0 fully saturated rings. The van der Waals surface area contributed by atoms with Crippen molar-refractivity contribution in [3.63, 3.8) is 0 Å². The monoisotopic (exact) mass is 268 g/mol. The van der Waals surface area contributed by atoms with Gasteiger partial charge >= 0.3 is 0 Å². The van der Waals surface area contributed by atoms with Gasteiger partial charge in [-0.3, -0.25) is 0 Å². The lowest BCUT2D eigenvalue weighted by molar-refractivity contribution is 0.416. The Labute approximate surface area is 119 Å². The van der Waals surface area contributed by atoms with Crippen LogP contribution in [0.2, 0.25) is 0 Å². The van der Waals surface area contributed by atoms with Gasteiger partial charge in [0.1, 0.15) is 5.82 Å². The van der Waals surface area contributed by atoms with Crippen LogP contribution in [0.5, 0.6) is 0 Å². The minimum atomic E-state index is -0.266. The number of nitrogens with two attached hydrogens (primary N) is 1. The third kappa shape index (κ3) is 3.39. The summed E-state index contributed by atoms with van der Waals surface area (Å²) in [6.07, 6.45) is 5.59. The highest BCUT2D eigenvalue weighted by Gasteiger charge is 2.16. The number of imidazole rings is 1. The summed E-state index contributed by atoms with van der Waals surface area (Å²) < 4.78 is 2.11. The quantitative estimate of drug-likeness (QED) is 0.844. The molecule has 0 radical (unpaired) electrons. The van der Waals surface area contributed by atoms with E-state index >= 15 is 0 Å². The Morgan fingerprint density at radius 1 is 1.40 bits per heavy atom. The van der Waals surface area contributed by atoms with Crippen LogP contribution in [-0.2, 0) is 6.54 Å². The maximum Gasteiger partial charge on any atom is 0.139 e. The zero-order valence-corrected chi connectivity index (χ0v) is 12.0. The Balaban J connectivity index is 2.08. The smallest absolute Gasteiger partial charge is 0.139 e. The summed E-state index contributed by atoms with van der Waals surface area (Å²) in [5.74, 6) is 0.923. The molecule has 4 heteroatoms. The second-order valence-corrected chi connectivity index (χ2v) is 5.67. The van der Waals surface area contributed by atoms with E-state index in [9.17, 15) is 0 Å². The first kappa shape index (κ1) is 14.1. The van der Waals surface area contributed by atoms with Gasteiger partial charge < -0.3 is 10.3 Å². The summed E-state index contributed by atoms with van der Waals surface area (Å²) in [5.41, 5.74) is 7.31. The van der Waals surface area contributed by atoms with Gasteiger partial charge in [0, 0.05) is 30.2 Å². The number of aromatic nitrogens is 2. The Hall–Kier alpha value is -2.28. The number of hydrogen-bond donors (Lipinski definition) is 1. The molecule has 2 rings (SSSR count). The zero-order chi connectivity index (χ0) is 14.6. The van der Waals surface area contributed by atoms with Crippen molar-refractivity contribution in [2.45, 2.75) is 33.2 Å². The highest BCUT2D eigenvalue weighted by molar-refractivity contribution is 5.61. The van der Waals surface area contributed by atoms with Crippen molar-refractivity contribution in [3.8, 4) is 17.5 Å². The van der Waals surface area contributed by atoms with E-state index in [1.165, 1.54) is 0 Å². The third-order valence-corrected chi connectivity index (χ3v) is 3.36. The van der Waals surface area contributed by atoms with Crippen LogP contribution >= 0.6 is 0 Å². The van der Waals surface area contributed by atoms with Crippen LogP contribution in [0.3, 0.4) is 0 Å². The van der Waals surface area contributed by atoms with E-state index in [-0.39, 0.29) is 5.41 Å². The van der Waals surface area contributed by atoms with E-state index in [1.54, 1.807) is 6.20 Å². The van der Waals surface area contributed by atoms with Crippen LogP contribution in [-0.4, -0.2) is 9.55 Å². The molecule has 2 N–H and O–H groups in total. The largest absolute Gasteiger partial charge is 0.399 e. The van der Waals surface area contributed by atoms with Gasteiger partial charge in [-0.1, -0.05) is 12.1 Å². The average Bonchev–Trinajstić information content (AvgIpc) is 2.87. The predicted molar refractivity (Wildman–Crippen MR) is 80.7 cm³/mol. The maximum atomic E-state index is 9.03. The van der Waals surface area contributed by atoms with E-state index in [0.29, 0.717) is 0 Å². The van der Waals surface area contributed by atoms with E-state index in [2.05, 4.69) is 15.6 Å². The van der Waals surface area contributed by atoms with Crippen LogP contribution in [0.25, 0.3) is 11.4 Å². The van der Waals surface area contributed by atoms with Crippen molar-refractivity contribution < 1.29 is 0 Å². The summed E-state index contributed by atoms with van der Waals surface area (Å²) >= 11 is 0. The molecule has 104 valence electrons. The third-order valence-electron chi connectivity index (χ3n) is 3.36. The van der Waals surface area contributed by atoms with Gasteiger partial charge in [0.2, 0.25) is 0 Å². The highest BCUT2D eigenvalue weighted by atomic mass is 15.1. The molecule has 1 heterocycles. The molecule has 0 atom stereocenters. The van der Waals surface area contributed by atoms with E-state index < -0.39 is 0 Å². The summed E-state index contributed by atoms with van der Waals surface area (Å²) in [6, 6.07) is 10.1. The minimum absolute atomic E-state index is 0.266. The first-order chi connectivity index (χ1) is 9.52. The molecule has 2 aromatic rings. The van der Waals surface area contributed by atoms with Gasteiger partial charge in [0.05, 0.1) is 11.5 Å². The number of benzene rings is 1. The first-order valence-electron chi connectivity index (χ1n) is 6.80. The standard InChI is InChI=1S/C16H20N4/c1-16(2,12-17)7-4-9-20-10-8-19-15(20)13-5-3-6-14(18)11-13/h3,5-6,8,10-11H,4,7,9,18H2,1-2H3. The van der Waals surface area contributed by atoms with Crippen LogP contribution < -0.4 is 5.73 Å². The van der Waals surface area contributed by atoms with Gasteiger partial charge in [-0.25, -0.2) is 4.98 Å². The Morgan fingerprint density at radius 2 is 2.20 bits per heavy atom. The van der Waals surface area contributed by atoms with Crippen molar-refractivity contribution in [2.24, 2.45) is 5.41 Å². The number of anilines is 1. The lowest BCUT2D eigenvalue weighted by Crippen LogP contribution is -2.10. The van der Waals surface area contributed by atoms with E-state index in [4.69, 9.17) is 11.0 Å². The van der Waals surface area contributed by atoms with Gasteiger partial charge in [-0.15, -0.1) is 0 Å². The molecule has 4 nitrogen and oxygen atoms in total. The van der Waals surface area contributed by atoms with Crippen molar-refractivity contribution in [1.29, 1.82) is 5.26 Å². The van der Waals surface area contributed by atoms with Crippen molar-refractivity contribution in [3.05, 3.63) is 36.7 Å². The molecule has 0 saturated heterocycles. The second-order valence-electron chi connectivity index (χ2n) is 5.67. The molecule has 0 aliphatic rings. The molecule has 0 bridgehead atoms. The molecular formula is C16H20N4. The molecule has 0 aliphatic carbocycles. The molecule has 0 amide bonds. The SMILES string of the molecule is CC(C)(C#N)CCCn1ccnc1-c1cccc(N)c1. The number of nitriles is 1. The molecular weight excluding hydrogens is 248 g/mol. The predicted octanol–water partition coefficient (Wildman–Crippen LogP) is 3.46. The van der Waals surface area contributed by atoms with Gasteiger partial charge in [-0.2, -0.15) is 5.26 Å². The minimum Gasteiger partial charge on any atom is -0.399 e. The molecule has 0 aliphatic heterocycles. The summed E-state index contributed by atoms with van der Waals surface area (Å²) in [5, 5.41) is 9.03. The molecule has 0 saturated carbocycles. The summed E-state index contributed by atoms with van der Waals surface area (Å²) in [7, 11) is 0. The summed E-state index contributed by atoms with van der Waals surface area (Å²) in [6.45, 7) is 4.80. The number of hydrogen-bond acceptors (Lipinski definition) is 3. The van der Waals surface area contributed by atoms with Crippen LogP contribution in [0.15, 0.2) is 36.7 Å². The number of rotatable bonds is 5. The zero-order valence-electron chi connectivity index (χ0n) is 12.0. The highest BCUT2D eigenvalue weighted by Crippen LogP contribution is 2.23. The number of aryl methyl sites for hydroxylation is 1. The normalized spacial score (nSPS) is 11.2.